The third-order valence-electron chi connectivity index (χ3n) is 3.91. The number of carboxylic acid groups (broad SMARTS) is 1. The molecule has 5 heteroatoms. The Bertz CT molecular complexity index is 409. The molecule has 1 aliphatic carbocycles. The van der Waals surface area contributed by atoms with Crippen molar-refractivity contribution in [1.29, 1.82) is 0 Å². The van der Waals surface area contributed by atoms with Gasteiger partial charge in [-0.25, -0.2) is 4.98 Å². The van der Waals surface area contributed by atoms with Gasteiger partial charge in [0.25, 0.3) is 0 Å². The zero-order chi connectivity index (χ0) is 13.7. The van der Waals surface area contributed by atoms with Gasteiger partial charge >= 0.3 is 5.97 Å². The summed E-state index contributed by atoms with van der Waals surface area (Å²) in [6.45, 7) is 3.98. The number of hydrogen-bond donors (Lipinski definition) is 2. The average molecular weight is 265 g/mol. The third kappa shape index (κ3) is 3.80. The Morgan fingerprint density at radius 2 is 2.21 bits per heavy atom. The van der Waals surface area contributed by atoms with Crippen LogP contribution < -0.4 is 5.32 Å². The molecule has 2 N–H and O–H groups in total. The lowest BCUT2D eigenvalue weighted by molar-refractivity contribution is -0.142. The van der Waals surface area contributed by atoms with Gasteiger partial charge in [-0.2, -0.15) is 0 Å². The molecule has 0 atom stereocenters. The fourth-order valence-corrected chi connectivity index (χ4v) is 2.73. The van der Waals surface area contributed by atoms with E-state index in [1.165, 1.54) is 5.69 Å². The molecule has 1 aromatic rings. The quantitative estimate of drug-likeness (QED) is 0.826. The van der Waals surface area contributed by atoms with Gasteiger partial charge in [-0.3, -0.25) is 4.79 Å². The number of carbonyl (C=O) groups is 1. The summed E-state index contributed by atoms with van der Waals surface area (Å²) in [5.74, 6) is -0.775. The molecule has 1 saturated carbocycles. The maximum atomic E-state index is 10.9. The number of aryl methyl sites for hydroxylation is 1. The van der Waals surface area contributed by atoms with Crippen LogP contribution in [0.15, 0.2) is 12.5 Å². The van der Waals surface area contributed by atoms with Crippen molar-refractivity contribution in [1.82, 2.24) is 14.9 Å². The van der Waals surface area contributed by atoms with E-state index in [0.717, 1.165) is 45.2 Å². The number of nitrogens with one attached hydrogen (secondary N) is 1. The standard InChI is InChI=1S/C14H23N3O2/c1-2-7-17-10-15-8-13(17)9-16-12-5-3-11(4-6-12)14(18)19/h8,10-12,16H,2-7,9H2,1H3,(H,18,19). The van der Waals surface area contributed by atoms with Crippen LogP contribution in [-0.2, 0) is 17.9 Å². The van der Waals surface area contributed by atoms with Crippen LogP contribution in [0, 0.1) is 5.92 Å². The summed E-state index contributed by atoms with van der Waals surface area (Å²) in [5.41, 5.74) is 1.21. The van der Waals surface area contributed by atoms with Crippen molar-refractivity contribution in [3.8, 4) is 0 Å². The maximum absolute atomic E-state index is 10.9. The van der Waals surface area contributed by atoms with Crippen LogP contribution in [0.25, 0.3) is 0 Å². The summed E-state index contributed by atoms with van der Waals surface area (Å²) in [5, 5.41) is 12.5. The molecule has 0 amide bonds. The number of hydrogen-bond acceptors (Lipinski definition) is 3. The van der Waals surface area contributed by atoms with Crippen molar-refractivity contribution in [3.63, 3.8) is 0 Å². The van der Waals surface area contributed by atoms with Crippen LogP contribution >= 0.6 is 0 Å². The first-order chi connectivity index (χ1) is 9.20. The minimum absolute atomic E-state index is 0.135. The molecule has 0 aromatic carbocycles. The van der Waals surface area contributed by atoms with Crippen molar-refractivity contribution < 1.29 is 9.90 Å². The van der Waals surface area contributed by atoms with Gasteiger partial charge in [0, 0.05) is 25.3 Å². The van der Waals surface area contributed by atoms with Crippen LogP contribution in [-0.4, -0.2) is 26.7 Å². The van der Waals surface area contributed by atoms with Gasteiger partial charge in [0.1, 0.15) is 0 Å². The second kappa shape index (κ2) is 6.70. The topological polar surface area (TPSA) is 67.2 Å². The summed E-state index contributed by atoms with van der Waals surface area (Å²) in [6.07, 6.45) is 8.39. The molecule has 19 heavy (non-hydrogen) atoms. The van der Waals surface area contributed by atoms with E-state index >= 15 is 0 Å². The highest BCUT2D eigenvalue weighted by Crippen LogP contribution is 2.24. The van der Waals surface area contributed by atoms with E-state index in [0.29, 0.717) is 6.04 Å². The van der Waals surface area contributed by atoms with Gasteiger partial charge in [0.2, 0.25) is 0 Å². The molecule has 0 saturated heterocycles. The van der Waals surface area contributed by atoms with Crippen molar-refractivity contribution in [2.24, 2.45) is 5.92 Å². The van der Waals surface area contributed by atoms with Gasteiger partial charge in [-0.15, -0.1) is 0 Å². The number of rotatable bonds is 6. The highest BCUT2D eigenvalue weighted by atomic mass is 16.4. The molecule has 1 aromatic heterocycles. The Hall–Kier alpha value is -1.36. The monoisotopic (exact) mass is 265 g/mol. The molecular weight excluding hydrogens is 242 g/mol. The zero-order valence-electron chi connectivity index (χ0n) is 11.5. The van der Waals surface area contributed by atoms with Crippen LogP contribution in [0.1, 0.15) is 44.7 Å². The lowest BCUT2D eigenvalue weighted by Crippen LogP contribution is -2.35. The van der Waals surface area contributed by atoms with Crippen molar-refractivity contribution >= 4 is 5.97 Å². The maximum Gasteiger partial charge on any atom is 0.306 e. The summed E-state index contributed by atoms with van der Waals surface area (Å²) in [7, 11) is 0. The first-order valence-electron chi connectivity index (χ1n) is 7.16. The Balaban J connectivity index is 1.77. The van der Waals surface area contributed by atoms with Crippen LogP contribution in [0.2, 0.25) is 0 Å². The molecule has 1 aliphatic rings. The van der Waals surface area contributed by atoms with Gasteiger partial charge in [0.15, 0.2) is 0 Å². The number of imidazole rings is 1. The molecule has 0 bridgehead atoms. The Kier molecular flexibility index (Phi) is 4.96. The molecule has 0 aliphatic heterocycles. The summed E-state index contributed by atoms with van der Waals surface area (Å²) < 4.78 is 2.18. The number of carboxylic acids is 1. The van der Waals surface area contributed by atoms with E-state index in [1.54, 1.807) is 0 Å². The van der Waals surface area contributed by atoms with Crippen molar-refractivity contribution in [2.45, 2.75) is 58.2 Å². The largest absolute Gasteiger partial charge is 0.481 e. The van der Waals surface area contributed by atoms with E-state index in [9.17, 15) is 4.79 Å². The minimum atomic E-state index is -0.639. The predicted octanol–water partition coefficient (Wildman–Crippen LogP) is 2.03. The van der Waals surface area contributed by atoms with E-state index < -0.39 is 5.97 Å². The number of aliphatic carboxylic acids is 1. The highest BCUT2D eigenvalue weighted by molar-refractivity contribution is 5.70. The van der Waals surface area contributed by atoms with E-state index in [4.69, 9.17) is 5.11 Å². The first-order valence-corrected chi connectivity index (χ1v) is 7.16. The molecule has 5 nitrogen and oxygen atoms in total. The smallest absolute Gasteiger partial charge is 0.306 e. The molecule has 0 unspecified atom stereocenters. The van der Waals surface area contributed by atoms with E-state index in [1.807, 2.05) is 12.5 Å². The van der Waals surface area contributed by atoms with Crippen molar-refractivity contribution in [2.75, 3.05) is 0 Å². The molecule has 1 fully saturated rings. The SMILES string of the molecule is CCCn1cncc1CNC1CCC(C(=O)O)CC1. The highest BCUT2D eigenvalue weighted by Gasteiger charge is 2.25. The Morgan fingerprint density at radius 1 is 1.47 bits per heavy atom. The summed E-state index contributed by atoms with van der Waals surface area (Å²) >= 11 is 0. The van der Waals surface area contributed by atoms with Crippen LogP contribution in [0.5, 0.6) is 0 Å². The van der Waals surface area contributed by atoms with Crippen molar-refractivity contribution in [3.05, 3.63) is 18.2 Å². The van der Waals surface area contributed by atoms with E-state index in [-0.39, 0.29) is 5.92 Å². The molecule has 106 valence electrons. The molecule has 0 radical (unpaired) electrons. The van der Waals surface area contributed by atoms with Crippen LogP contribution in [0.3, 0.4) is 0 Å². The third-order valence-corrected chi connectivity index (χ3v) is 3.91. The second-order valence-corrected chi connectivity index (χ2v) is 5.35. The first kappa shape index (κ1) is 14.1. The van der Waals surface area contributed by atoms with Crippen LogP contribution in [0.4, 0.5) is 0 Å². The molecule has 1 heterocycles. The fourth-order valence-electron chi connectivity index (χ4n) is 2.73. The predicted molar refractivity (Wildman–Crippen MR) is 72.7 cm³/mol. The minimum Gasteiger partial charge on any atom is -0.481 e. The van der Waals surface area contributed by atoms with Gasteiger partial charge in [0.05, 0.1) is 17.9 Å². The van der Waals surface area contributed by atoms with Gasteiger partial charge in [-0.05, 0) is 32.1 Å². The average Bonchev–Trinajstić information content (AvgIpc) is 2.85. The summed E-state index contributed by atoms with van der Waals surface area (Å²) in [4.78, 5) is 15.1. The molecule has 0 spiro atoms. The Morgan fingerprint density at radius 3 is 2.84 bits per heavy atom. The normalized spacial score (nSPS) is 23.4. The lowest BCUT2D eigenvalue weighted by Gasteiger charge is -2.27. The van der Waals surface area contributed by atoms with Gasteiger partial charge in [-0.1, -0.05) is 6.92 Å². The number of aromatic nitrogens is 2. The second-order valence-electron chi connectivity index (χ2n) is 5.35. The van der Waals surface area contributed by atoms with E-state index in [2.05, 4.69) is 21.8 Å². The fraction of sp³-hybridized carbons (Fsp3) is 0.714. The number of nitrogens with zero attached hydrogens (tertiary/aromatic N) is 2. The zero-order valence-corrected chi connectivity index (χ0v) is 11.5. The molecular formula is C14H23N3O2. The Labute approximate surface area is 114 Å². The molecule has 2 rings (SSSR count). The summed E-state index contributed by atoms with van der Waals surface area (Å²) in [6, 6.07) is 0.445. The lowest BCUT2D eigenvalue weighted by atomic mass is 9.86. The van der Waals surface area contributed by atoms with Gasteiger partial charge < -0.3 is 15.0 Å².